The van der Waals surface area contributed by atoms with Gasteiger partial charge in [0.1, 0.15) is 30.2 Å². The maximum Gasteiger partial charge on any atom is 0.186 e. The van der Waals surface area contributed by atoms with Crippen LogP contribution in [0.3, 0.4) is 0 Å². The fraction of sp³-hybridized carbons (Fsp3) is 0.714. The number of ether oxygens (including phenoxy) is 3. The van der Waals surface area contributed by atoms with Crippen LogP contribution in [0.15, 0.2) is 24.3 Å². The molecule has 0 aromatic heterocycles. The van der Waals surface area contributed by atoms with Crippen LogP contribution in [0.1, 0.15) is 39.2 Å². The first-order chi connectivity index (χ1) is 13.2. The second-order valence-corrected chi connectivity index (χ2v) is 8.52. The molecular weight excluding hydrogens is 364 g/mol. The summed E-state index contributed by atoms with van der Waals surface area (Å²) < 4.78 is 16.6. The van der Waals surface area contributed by atoms with Crippen LogP contribution in [-0.2, 0) is 15.9 Å². The van der Waals surface area contributed by atoms with Crippen LogP contribution in [0.5, 0.6) is 5.75 Å². The number of hydrogen-bond acceptors (Lipinski definition) is 7. The molecule has 160 valence electrons. The third-order valence-corrected chi connectivity index (χ3v) is 4.59. The van der Waals surface area contributed by atoms with Crippen molar-refractivity contribution in [2.75, 3.05) is 19.8 Å². The molecule has 0 saturated carbocycles. The highest BCUT2D eigenvalue weighted by molar-refractivity contribution is 5.27. The Hall–Kier alpha value is -1.22. The normalized spacial score (nSPS) is 28.3. The number of aliphatic hydroxyl groups excluding tert-OH is 4. The van der Waals surface area contributed by atoms with Crippen LogP contribution in [0.4, 0.5) is 0 Å². The second-order valence-electron chi connectivity index (χ2n) is 8.52. The van der Waals surface area contributed by atoms with Crippen LogP contribution >= 0.6 is 0 Å². The lowest BCUT2D eigenvalue weighted by atomic mass is 9.99. The van der Waals surface area contributed by atoms with Gasteiger partial charge in [0.15, 0.2) is 6.29 Å². The Bertz CT molecular complexity index is 567. The Morgan fingerprint density at radius 3 is 2.25 bits per heavy atom. The van der Waals surface area contributed by atoms with Crippen LogP contribution < -0.4 is 4.74 Å². The van der Waals surface area contributed by atoms with E-state index in [9.17, 15) is 15.3 Å². The Morgan fingerprint density at radius 2 is 1.64 bits per heavy atom. The molecule has 0 radical (unpaired) electrons. The highest BCUT2D eigenvalue weighted by Crippen LogP contribution is 2.22. The van der Waals surface area contributed by atoms with Gasteiger partial charge < -0.3 is 34.6 Å². The molecule has 0 unspecified atom stereocenters. The number of unbranched alkanes of at least 4 members (excludes halogenated alkanes) is 1. The Morgan fingerprint density at radius 1 is 0.964 bits per heavy atom. The summed E-state index contributed by atoms with van der Waals surface area (Å²) in [6.07, 6.45) is -3.60. The summed E-state index contributed by atoms with van der Waals surface area (Å²) in [5.74, 6) is 0.865. The summed E-state index contributed by atoms with van der Waals surface area (Å²) in [7, 11) is 0. The maximum absolute atomic E-state index is 9.92. The minimum absolute atomic E-state index is 0.125. The Kier molecular flexibility index (Phi) is 8.67. The zero-order chi connectivity index (χ0) is 20.7. The first-order valence-corrected chi connectivity index (χ1v) is 9.85. The Balaban J connectivity index is 1.67. The van der Waals surface area contributed by atoms with E-state index in [1.54, 1.807) is 0 Å². The van der Waals surface area contributed by atoms with E-state index in [0.717, 1.165) is 25.0 Å². The molecule has 7 nitrogen and oxygen atoms in total. The van der Waals surface area contributed by atoms with E-state index in [1.165, 1.54) is 5.56 Å². The molecule has 0 amide bonds. The lowest BCUT2D eigenvalue weighted by molar-refractivity contribution is -0.301. The van der Waals surface area contributed by atoms with Crippen LogP contribution in [0.2, 0.25) is 0 Å². The van der Waals surface area contributed by atoms with Gasteiger partial charge in [-0.2, -0.15) is 0 Å². The van der Waals surface area contributed by atoms with Crippen molar-refractivity contribution < 1.29 is 34.6 Å². The van der Waals surface area contributed by atoms with Gasteiger partial charge in [0.25, 0.3) is 0 Å². The van der Waals surface area contributed by atoms with E-state index in [4.69, 9.17) is 19.3 Å². The smallest absolute Gasteiger partial charge is 0.186 e. The largest absolute Gasteiger partial charge is 0.493 e. The van der Waals surface area contributed by atoms with E-state index >= 15 is 0 Å². The van der Waals surface area contributed by atoms with Gasteiger partial charge in [0.05, 0.1) is 13.2 Å². The molecule has 28 heavy (non-hydrogen) atoms. The average Bonchev–Trinajstić information content (AvgIpc) is 2.66. The molecule has 1 aliphatic heterocycles. The van der Waals surface area contributed by atoms with E-state index < -0.39 is 37.3 Å². The van der Waals surface area contributed by atoms with Crippen molar-refractivity contribution in [1.82, 2.24) is 0 Å². The summed E-state index contributed by atoms with van der Waals surface area (Å²) in [4.78, 5) is 0. The summed E-state index contributed by atoms with van der Waals surface area (Å²) in [6.45, 7) is 6.95. The van der Waals surface area contributed by atoms with E-state index in [2.05, 4.69) is 32.9 Å². The molecule has 1 saturated heterocycles. The summed E-state index contributed by atoms with van der Waals surface area (Å²) in [6, 6.07) is 8.06. The molecule has 2 rings (SSSR count). The zero-order valence-electron chi connectivity index (χ0n) is 17.0. The van der Waals surface area contributed by atoms with Gasteiger partial charge in [-0.05, 0) is 42.4 Å². The number of benzene rings is 1. The molecule has 0 aliphatic carbocycles. The summed E-state index contributed by atoms with van der Waals surface area (Å²) >= 11 is 0. The first-order valence-electron chi connectivity index (χ1n) is 9.85. The number of rotatable bonds is 9. The molecule has 1 heterocycles. The molecule has 4 N–H and O–H groups in total. The maximum atomic E-state index is 9.92. The number of hydrogen-bond donors (Lipinski definition) is 4. The fourth-order valence-electron chi connectivity index (χ4n) is 2.89. The standard InChI is InChI=1S/C21H34O7/c1-21(2,3)13-27-15-9-7-14(8-10-15)6-4-5-11-26-20-19(25)18(24)17(23)16(12-22)28-20/h7-10,16-20,22-25H,4-6,11-13H2,1-3H3/t16-,17-,18+,19-,20-/m1/s1. The predicted octanol–water partition coefficient (Wildman–Crippen LogP) is 1.25. The van der Waals surface area contributed by atoms with Crippen LogP contribution in [-0.4, -0.2) is 71.0 Å². The van der Waals surface area contributed by atoms with Gasteiger partial charge in [0.2, 0.25) is 0 Å². The van der Waals surface area contributed by atoms with Gasteiger partial charge in [-0.15, -0.1) is 0 Å². The lowest BCUT2D eigenvalue weighted by Crippen LogP contribution is -2.59. The van der Waals surface area contributed by atoms with Crippen molar-refractivity contribution in [2.45, 2.75) is 70.7 Å². The SMILES string of the molecule is CC(C)(C)COc1ccc(CCCCO[C@@H]2O[C@H](CO)[C@@H](O)[C@H](O)[C@H]2O)cc1. The summed E-state index contributed by atoms with van der Waals surface area (Å²) in [5, 5.41) is 38.6. The van der Waals surface area contributed by atoms with Crippen molar-refractivity contribution >= 4 is 0 Å². The molecule has 0 bridgehead atoms. The predicted molar refractivity (Wildman–Crippen MR) is 104 cm³/mol. The highest BCUT2D eigenvalue weighted by Gasteiger charge is 2.43. The van der Waals surface area contributed by atoms with Crippen molar-refractivity contribution in [3.8, 4) is 5.75 Å². The van der Waals surface area contributed by atoms with Crippen molar-refractivity contribution in [2.24, 2.45) is 5.41 Å². The van der Waals surface area contributed by atoms with Gasteiger partial charge in [-0.3, -0.25) is 0 Å². The second kappa shape index (κ2) is 10.5. The van der Waals surface area contributed by atoms with Crippen molar-refractivity contribution in [1.29, 1.82) is 0 Å². The van der Waals surface area contributed by atoms with Gasteiger partial charge in [-0.25, -0.2) is 0 Å². The quantitative estimate of drug-likeness (QED) is 0.464. The molecule has 1 aliphatic rings. The number of aliphatic hydroxyl groups is 4. The molecule has 1 aromatic rings. The van der Waals surface area contributed by atoms with E-state index in [1.807, 2.05) is 12.1 Å². The topological polar surface area (TPSA) is 109 Å². The summed E-state index contributed by atoms with van der Waals surface area (Å²) in [5.41, 5.74) is 1.33. The third kappa shape index (κ3) is 6.99. The molecule has 1 aromatic carbocycles. The molecule has 1 fully saturated rings. The lowest BCUT2D eigenvalue weighted by Gasteiger charge is -2.39. The van der Waals surface area contributed by atoms with Gasteiger partial charge in [0, 0.05) is 6.61 Å². The monoisotopic (exact) mass is 398 g/mol. The molecule has 7 heteroatoms. The highest BCUT2D eigenvalue weighted by atomic mass is 16.7. The molecular formula is C21H34O7. The van der Waals surface area contributed by atoms with Crippen molar-refractivity contribution in [3.05, 3.63) is 29.8 Å². The van der Waals surface area contributed by atoms with E-state index in [-0.39, 0.29) is 5.41 Å². The number of aryl methyl sites for hydroxylation is 1. The van der Waals surface area contributed by atoms with Crippen LogP contribution in [0, 0.1) is 5.41 Å². The average molecular weight is 398 g/mol. The fourth-order valence-corrected chi connectivity index (χ4v) is 2.89. The minimum Gasteiger partial charge on any atom is -0.493 e. The third-order valence-electron chi connectivity index (χ3n) is 4.59. The van der Waals surface area contributed by atoms with E-state index in [0.29, 0.717) is 13.2 Å². The first kappa shape index (κ1) is 23.1. The minimum atomic E-state index is -1.41. The van der Waals surface area contributed by atoms with Crippen LogP contribution in [0.25, 0.3) is 0 Å². The molecule has 0 spiro atoms. The van der Waals surface area contributed by atoms with Crippen molar-refractivity contribution in [3.63, 3.8) is 0 Å². The van der Waals surface area contributed by atoms with Gasteiger partial charge in [-0.1, -0.05) is 32.9 Å². The zero-order valence-corrected chi connectivity index (χ0v) is 17.0. The molecule has 5 atom stereocenters. The van der Waals surface area contributed by atoms with Gasteiger partial charge >= 0.3 is 0 Å². The Labute approximate surface area is 166 Å².